The highest BCUT2D eigenvalue weighted by molar-refractivity contribution is 14.0. The third-order valence-corrected chi connectivity index (χ3v) is 4.12. The second-order valence-electron chi connectivity index (χ2n) is 6.59. The molecule has 26 heavy (non-hydrogen) atoms. The quantitative estimate of drug-likeness (QED) is 0.337. The molecule has 0 saturated heterocycles. The zero-order valence-corrected chi connectivity index (χ0v) is 18.7. The molecule has 0 amide bonds. The summed E-state index contributed by atoms with van der Waals surface area (Å²) < 4.78 is 11.1. The molecule has 0 aromatic carbocycles. The Morgan fingerprint density at radius 3 is 2.19 bits per heavy atom. The van der Waals surface area contributed by atoms with Crippen LogP contribution in [0.1, 0.15) is 48.0 Å². The average molecular weight is 475 g/mol. The Morgan fingerprint density at radius 1 is 1.08 bits per heavy atom. The molecule has 146 valence electrons. The van der Waals surface area contributed by atoms with Crippen molar-refractivity contribution in [3.8, 4) is 0 Å². The molecule has 0 fully saturated rings. The lowest BCUT2D eigenvalue weighted by atomic mass is 9.96. The van der Waals surface area contributed by atoms with Crippen molar-refractivity contribution in [3.63, 3.8) is 0 Å². The Balaban J connectivity index is 0.00000338. The lowest BCUT2D eigenvalue weighted by molar-refractivity contribution is 0.0601. The van der Waals surface area contributed by atoms with Crippen LogP contribution in [0.3, 0.4) is 0 Å². The fourth-order valence-corrected chi connectivity index (χ4v) is 2.86. The number of aliphatic imine (C=N–C) groups is 1. The maximum atomic E-state index is 10.8. The van der Waals surface area contributed by atoms with E-state index in [0.29, 0.717) is 19.0 Å². The lowest BCUT2D eigenvalue weighted by Gasteiger charge is -2.24. The summed E-state index contributed by atoms with van der Waals surface area (Å²) in [6.45, 7) is 13.0. The second kappa shape index (κ2) is 9.45. The SMILES string of the molecule is CCNC(=NCc1cc(C)oc1C)NCC(C)(O)c1cc(C)oc1C.I. The fraction of sp³-hybridized carbons (Fsp3) is 0.526. The Kier molecular flexibility index (Phi) is 8.20. The molecule has 2 aromatic heterocycles. The first kappa shape index (κ1) is 22.6. The minimum atomic E-state index is -1.06. The van der Waals surface area contributed by atoms with Gasteiger partial charge in [0.1, 0.15) is 28.6 Å². The third kappa shape index (κ3) is 5.77. The van der Waals surface area contributed by atoms with E-state index in [-0.39, 0.29) is 24.0 Å². The van der Waals surface area contributed by atoms with Gasteiger partial charge in [-0.15, -0.1) is 24.0 Å². The normalized spacial score (nSPS) is 13.9. The fourth-order valence-electron chi connectivity index (χ4n) is 2.86. The highest BCUT2D eigenvalue weighted by Gasteiger charge is 2.27. The van der Waals surface area contributed by atoms with Gasteiger partial charge < -0.3 is 24.6 Å². The highest BCUT2D eigenvalue weighted by atomic mass is 127. The van der Waals surface area contributed by atoms with E-state index in [2.05, 4.69) is 15.6 Å². The molecule has 2 heterocycles. The number of aliphatic hydroxyl groups is 1. The maximum absolute atomic E-state index is 10.8. The topological polar surface area (TPSA) is 82.9 Å². The number of nitrogens with zero attached hydrogens (tertiary/aromatic N) is 1. The molecule has 0 bridgehead atoms. The van der Waals surface area contributed by atoms with Gasteiger partial charge in [0.05, 0.1) is 13.1 Å². The second-order valence-corrected chi connectivity index (χ2v) is 6.59. The van der Waals surface area contributed by atoms with E-state index in [4.69, 9.17) is 8.83 Å². The van der Waals surface area contributed by atoms with Gasteiger partial charge in [-0.2, -0.15) is 0 Å². The molecule has 0 aliphatic rings. The molecule has 2 aromatic rings. The number of nitrogens with one attached hydrogen (secondary N) is 2. The summed E-state index contributed by atoms with van der Waals surface area (Å²) in [4.78, 5) is 4.58. The van der Waals surface area contributed by atoms with Gasteiger partial charge in [-0.05, 0) is 53.7 Å². The van der Waals surface area contributed by atoms with E-state index < -0.39 is 5.60 Å². The van der Waals surface area contributed by atoms with Gasteiger partial charge in [0, 0.05) is 17.7 Å². The van der Waals surface area contributed by atoms with Crippen LogP contribution >= 0.6 is 24.0 Å². The molecule has 3 N–H and O–H groups in total. The van der Waals surface area contributed by atoms with Crippen molar-refractivity contribution in [2.24, 2.45) is 4.99 Å². The molecule has 0 radical (unpaired) electrons. The van der Waals surface area contributed by atoms with Crippen LogP contribution < -0.4 is 10.6 Å². The van der Waals surface area contributed by atoms with Gasteiger partial charge in [0.25, 0.3) is 0 Å². The minimum Gasteiger partial charge on any atom is -0.466 e. The first-order valence-corrected chi connectivity index (χ1v) is 8.61. The Labute approximate surface area is 172 Å². The van der Waals surface area contributed by atoms with Crippen LogP contribution in [0.25, 0.3) is 0 Å². The highest BCUT2D eigenvalue weighted by Crippen LogP contribution is 2.26. The molecule has 1 unspecified atom stereocenters. The van der Waals surface area contributed by atoms with Crippen molar-refractivity contribution >= 4 is 29.9 Å². The van der Waals surface area contributed by atoms with E-state index >= 15 is 0 Å². The molecule has 2 rings (SSSR count). The van der Waals surface area contributed by atoms with Crippen LogP contribution in [0, 0.1) is 27.7 Å². The number of rotatable bonds is 6. The van der Waals surface area contributed by atoms with Crippen LogP contribution in [0.15, 0.2) is 26.0 Å². The Bertz CT molecular complexity index is 747. The van der Waals surface area contributed by atoms with Gasteiger partial charge >= 0.3 is 0 Å². The molecule has 0 spiro atoms. The van der Waals surface area contributed by atoms with Crippen molar-refractivity contribution in [2.75, 3.05) is 13.1 Å². The predicted molar refractivity (Wildman–Crippen MR) is 114 cm³/mol. The summed E-state index contributed by atoms with van der Waals surface area (Å²) in [6.07, 6.45) is 0. The number of furan rings is 2. The van der Waals surface area contributed by atoms with E-state index in [0.717, 1.165) is 40.7 Å². The first-order chi connectivity index (χ1) is 11.7. The van der Waals surface area contributed by atoms with Gasteiger partial charge in [0.2, 0.25) is 0 Å². The van der Waals surface area contributed by atoms with E-state index in [1.807, 2.05) is 46.8 Å². The van der Waals surface area contributed by atoms with Gasteiger partial charge in [-0.3, -0.25) is 0 Å². The molecular formula is C19H30IN3O3. The smallest absolute Gasteiger partial charge is 0.191 e. The molecule has 0 aliphatic heterocycles. The van der Waals surface area contributed by atoms with Crippen molar-refractivity contribution in [1.29, 1.82) is 0 Å². The maximum Gasteiger partial charge on any atom is 0.191 e. The molecule has 0 aliphatic carbocycles. The zero-order valence-electron chi connectivity index (χ0n) is 16.4. The average Bonchev–Trinajstić information content (AvgIpc) is 3.03. The summed E-state index contributed by atoms with van der Waals surface area (Å²) in [5, 5.41) is 17.2. The molecule has 1 atom stereocenters. The predicted octanol–water partition coefficient (Wildman–Crippen LogP) is 3.69. The van der Waals surface area contributed by atoms with Crippen molar-refractivity contribution < 1.29 is 13.9 Å². The summed E-state index contributed by atoms with van der Waals surface area (Å²) in [7, 11) is 0. The van der Waals surface area contributed by atoms with Crippen LogP contribution in [-0.4, -0.2) is 24.2 Å². The van der Waals surface area contributed by atoms with Crippen LogP contribution in [0.5, 0.6) is 0 Å². The minimum absolute atomic E-state index is 0. The zero-order chi connectivity index (χ0) is 18.6. The summed E-state index contributed by atoms with van der Waals surface area (Å²) in [5.74, 6) is 3.94. The van der Waals surface area contributed by atoms with Crippen LogP contribution in [-0.2, 0) is 12.1 Å². The van der Waals surface area contributed by atoms with Gasteiger partial charge in [0.15, 0.2) is 5.96 Å². The van der Waals surface area contributed by atoms with E-state index in [1.54, 1.807) is 6.92 Å². The van der Waals surface area contributed by atoms with Gasteiger partial charge in [-0.25, -0.2) is 4.99 Å². The monoisotopic (exact) mass is 475 g/mol. The Morgan fingerprint density at radius 2 is 1.69 bits per heavy atom. The van der Waals surface area contributed by atoms with Crippen molar-refractivity contribution in [1.82, 2.24) is 10.6 Å². The first-order valence-electron chi connectivity index (χ1n) is 8.61. The number of hydrogen-bond donors (Lipinski definition) is 3. The summed E-state index contributed by atoms with van der Waals surface area (Å²) in [5.41, 5.74) is 0.789. The third-order valence-electron chi connectivity index (χ3n) is 4.12. The summed E-state index contributed by atoms with van der Waals surface area (Å²) >= 11 is 0. The van der Waals surface area contributed by atoms with Crippen molar-refractivity contribution in [2.45, 2.75) is 53.7 Å². The van der Waals surface area contributed by atoms with Crippen molar-refractivity contribution in [3.05, 3.63) is 46.3 Å². The molecular weight excluding hydrogens is 445 g/mol. The Hall–Kier alpha value is -1.48. The van der Waals surface area contributed by atoms with Crippen LogP contribution in [0.2, 0.25) is 0 Å². The molecule has 7 heteroatoms. The lowest BCUT2D eigenvalue weighted by Crippen LogP contribution is -2.44. The number of aryl methyl sites for hydroxylation is 4. The number of hydrogen-bond acceptors (Lipinski definition) is 4. The number of halogens is 1. The van der Waals surface area contributed by atoms with E-state index in [9.17, 15) is 5.11 Å². The van der Waals surface area contributed by atoms with Gasteiger partial charge in [-0.1, -0.05) is 0 Å². The van der Waals surface area contributed by atoms with E-state index in [1.165, 1.54) is 0 Å². The number of guanidine groups is 1. The standard InChI is InChI=1S/C19H29N3O3.HI/c1-7-20-18(21-10-16-8-12(2)24-14(16)4)22-11-19(6,23)17-9-13(3)25-15(17)5;/h8-9,23H,7,10-11H2,1-6H3,(H2,20,21,22);1H. The molecule has 6 nitrogen and oxygen atoms in total. The largest absolute Gasteiger partial charge is 0.466 e. The summed E-state index contributed by atoms with van der Waals surface area (Å²) in [6, 6.07) is 3.87. The van der Waals surface area contributed by atoms with Crippen LogP contribution in [0.4, 0.5) is 0 Å². The molecule has 0 saturated carbocycles.